The van der Waals surface area contributed by atoms with Crippen LogP contribution in [0, 0.1) is 13.8 Å². The van der Waals surface area contributed by atoms with Gasteiger partial charge in [-0.15, -0.1) is 24.0 Å². The van der Waals surface area contributed by atoms with Crippen molar-refractivity contribution in [1.29, 1.82) is 0 Å². The van der Waals surface area contributed by atoms with Gasteiger partial charge in [-0.05, 0) is 32.8 Å². The number of rotatable bonds is 8. The third-order valence-electron chi connectivity index (χ3n) is 3.78. The van der Waals surface area contributed by atoms with Gasteiger partial charge in [0.2, 0.25) is 11.8 Å². The van der Waals surface area contributed by atoms with E-state index in [2.05, 4.69) is 25.9 Å². The normalized spacial score (nSPS) is 10.9. The molecule has 1 amide bonds. The van der Waals surface area contributed by atoms with Crippen LogP contribution in [0.1, 0.15) is 29.8 Å². The molecule has 148 valence electrons. The van der Waals surface area contributed by atoms with Gasteiger partial charge in [0.1, 0.15) is 12.3 Å². The van der Waals surface area contributed by atoms with Crippen molar-refractivity contribution in [2.24, 2.45) is 4.99 Å². The van der Waals surface area contributed by atoms with Gasteiger partial charge in [-0.2, -0.15) is 0 Å². The van der Waals surface area contributed by atoms with Crippen molar-refractivity contribution >= 4 is 35.8 Å². The quantitative estimate of drug-likeness (QED) is 0.303. The highest BCUT2D eigenvalue weighted by molar-refractivity contribution is 14.0. The summed E-state index contributed by atoms with van der Waals surface area (Å²) in [6, 6.07) is 10.1. The molecular weight excluding hydrogens is 457 g/mol. The van der Waals surface area contributed by atoms with Crippen LogP contribution in [0.5, 0.6) is 0 Å². The van der Waals surface area contributed by atoms with Crippen LogP contribution in [0.2, 0.25) is 0 Å². The fourth-order valence-electron chi connectivity index (χ4n) is 2.31. The molecule has 0 atom stereocenters. The smallest absolute Gasteiger partial charge is 0.241 e. The third-order valence-corrected chi connectivity index (χ3v) is 3.78. The van der Waals surface area contributed by atoms with Crippen molar-refractivity contribution in [2.75, 3.05) is 19.6 Å². The van der Waals surface area contributed by atoms with Crippen LogP contribution in [-0.4, -0.2) is 36.5 Å². The van der Waals surface area contributed by atoms with E-state index in [1.54, 1.807) is 0 Å². The van der Waals surface area contributed by atoms with E-state index < -0.39 is 0 Å². The number of hydrogen-bond acceptors (Lipinski definition) is 4. The van der Waals surface area contributed by atoms with E-state index in [1.165, 1.54) is 5.56 Å². The molecule has 0 saturated heterocycles. The van der Waals surface area contributed by atoms with Gasteiger partial charge in [0.15, 0.2) is 5.96 Å². The number of nitrogens with zero attached hydrogens (tertiary/aromatic N) is 2. The predicted molar refractivity (Wildman–Crippen MR) is 117 cm³/mol. The van der Waals surface area contributed by atoms with Crippen LogP contribution in [0.25, 0.3) is 0 Å². The molecule has 0 radical (unpaired) electrons. The number of aryl methyl sites for hydroxylation is 2. The van der Waals surface area contributed by atoms with E-state index in [1.807, 2.05) is 51.1 Å². The van der Waals surface area contributed by atoms with Crippen LogP contribution in [0.4, 0.5) is 0 Å². The average molecular weight is 485 g/mol. The topological polar surface area (TPSA) is 91.5 Å². The van der Waals surface area contributed by atoms with Gasteiger partial charge in [0.05, 0.1) is 12.2 Å². The predicted octanol–water partition coefficient (Wildman–Crippen LogP) is 2.32. The number of aromatic nitrogens is 1. The first-order valence-electron chi connectivity index (χ1n) is 8.84. The van der Waals surface area contributed by atoms with Crippen molar-refractivity contribution in [3.05, 3.63) is 53.2 Å². The number of amides is 1. The van der Waals surface area contributed by atoms with Crippen LogP contribution in [0.15, 0.2) is 39.7 Å². The van der Waals surface area contributed by atoms with Gasteiger partial charge < -0.3 is 20.4 Å². The first-order valence-corrected chi connectivity index (χ1v) is 8.84. The Kier molecular flexibility index (Phi) is 10.5. The Hall–Kier alpha value is -2.10. The second kappa shape index (κ2) is 12.3. The lowest BCUT2D eigenvalue weighted by atomic mass is 10.1. The zero-order valence-electron chi connectivity index (χ0n) is 16.0. The highest BCUT2D eigenvalue weighted by Crippen LogP contribution is 2.07. The lowest BCUT2D eigenvalue weighted by Gasteiger charge is -2.10. The first-order chi connectivity index (χ1) is 12.6. The number of halogens is 1. The summed E-state index contributed by atoms with van der Waals surface area (Å²) in [5, 5.41) is 9.10. The molecule has 0 saturated carbocycles. The Bertz CT molecular complexity index is 711. The molecular formula is C19H28IN5O2. The van der Waals surface area contributed by atoms with Crippen LogP contribution in [0.3, 0.4) is 0 Å². The highest BCUT2D eigenvalue weighted by atomic mass is 127. The van der Waals surface area contributed by atoms with E-state index in [0.717, 1.165) is 17.9 Å². The zero-order chi connectivity index (χ0) is 18.8. The maximum atomic E-state index is 12.0. The first kappa shape index (κ1) is 22.9. The van der Waals surface area contributed by atoms with Gasteiger partial charge in [0.25, 0.3) is 0 Å². The second-order valence-electron chi connectivity index (χ2n) is 5.88. The van der Waals surface area contributed by atoms with Crippen molar-refractivity contribution < 1.29 is 9.21 Å². The summed E-state index contributed by atoms with van der Waals surface area (Å²) in [5.74, 6) is 1.85. The van der Waals surface area contributed by atoms with Gasteiger partial charge in [-0.1, -0.05) is 30.3 Å². The lowest BCUT2D eigenvalue weighted by Crippen LogP contribution is -2.38. The average Bonchev–Trinajstić information content (AvgIpc) is 2.96. The summed E-state index contributed by atoms with van der Waals surface area (Å²) >= 11 is 0. The Morgan fingerprint density at radius 2 is 1.89 bits per heavy atom. The van der Waals surface area contributed by atoms with Gasteiger partial charge >= 0.3 is 0 Å². The Morgan fingerprint density at radius 1 is 1.15 bits per heavy atom. The number of benzene rings is 1. The number of carbonyl (C=O) groups is 1. The molecule has 3 N–H and O–H groups in total. The molecule has 1 aromatic heterocycles. The molecule has 1 heterocycles. The molecule has 2 aromatic rings. The number of hydrogen-bond donors (Lipinski definition) is 3. The molecule has 0 spiro atoms. The highest BCUT2D eigenvalue weighted by Gasteiger charge is 2.07. The Morgan fingerprint density at radius 3 is 2.52 bits per heavy atom. The zero-order valence-corrected chi connectivity index (χ0v) is 18.4. The SMILES string of the molecule is CCNC(=NCC(=O)NCCc1ccccc1)NCc1nc(C)c(C)o1.I. The molecule has 27 heavy (non-hydrogen) atoms. The number of aliphatic imine (C=N–C) groups is 1. The van der Waals surface area contributed by atoms with E-state index in [-0.39, 0.29) is 36.4 Å². The number of oxazole rings is 1. The van der Waals surface area contributed by atoms with Crippen molar-refractivity contribution in [2.45, 2.75) is 33.7 Å². The van der Waals surface area contributed by atoms with Crippen LogP contribution in [-0.2, 0) is 17.8 Å². The van der Waals surface area contributed by atoms with E-state index in [0.29, 0.717) is 31.5 Å². The molecule has 7 nitrogen and oxygen atoms in total. The summed E-state index contributed by atoms with van der Waals surface area (Å²) < 4.78 is 5.53. The molecule has 0 aliphatic heterocycles. The summed E-state index contributed by atoms with van der Waals surface area (Å²) in [6.07, 6.45) is 0.803. The minimum Gasteiger partial charge on any atom is -0.444 e. The molecule has 0 fully saturated rings. The minimum absolute atomic E-state index is 0. The Labute approximate surface area is 177 Å². The number of guanidine groups is 1. The van der Waals surface area contributed by atoms with E-state index in [9.17, 15) is 4.79 Å². The molecule has 1 aromatic carbocycles. The van der Waals surface area contributed by atoms with Gasteiger partial charge in [0, 0.05) is 13.1 Å². The van der Waals surface area contributed by atoms with Crippen molar-refractivity contribution in [1.82, 2.24) is 20.9 Å². The number of carbonyl (C=O) groups excluding carboxylic acids is 1. The minimum atomic E-state index is -0.110. The monoisotopic (exact) mass is 485 g/mol. The van der Waals surface area contributed by atoms with E-state index in [4.69, 9.17) is 4.42 Å². The van der Waals surface area contributed by atoms with Crippen LogP contribution >= 0.6 is 24.0 Å². The largest absolute Gasteiger partial charge is 0.444 e. The molecule has 0 aliphatic carbocycles. The summed E-state index contributed by atoms with van der Waals surface area (Å²) in [7, 11) is 0. The van der Waals surface area contributed by atoms with Crippen molar-refractivity contribution in [3.8, 4) is 0 Å². The fraction of sp³-hybridized carbons (Fsp3) is 0.421. The van der Waals surface area contributed by atoms with Gasteiger partial charge in [-0.25, -0.2) is 9.98 Å². The molecule has 8 heteroatoms. The molecule has 0 unspecified atom stereocenters. The van der Waals surface area contributed by atoms with Crippen molar-refractivity contribution in [3.63, 3.8) is 0 Å². The Balaban J connectivity index is 0.00000364. The maximum Gasteiger partial charge on any atom is 0.241 e. The summed E-state index contributed by atoms with van der Waals surface area (Å²) in [4.78, 5) is 20.6. The van der Waals surface area contributed by atoms with Crippen LogP contribution < -0.4 is 16.0 Å². The summed E-state index contributed by atoms with van der Waals surface area (Å²) in [6.45, 7) is 7.52. The molecule has 0 bridgehead atoms. The fourth-order valence-corrected chi connectivity index (χ4v) is 2.31. The molecule has 0 aliphatic rings. The molecule has 2 rings (SSSR count). The number of nitrogens with one attached hydrogen (secondary N) is 3. The lowest BCUT2D eigenvalue weighted by molar-refractivity contribution is -0.119. The third kappa shape index (κ3) is 8.42. The van der Waals surface area contributed by atoms with Gasteiger partial charge in [-0.3, -0.25) is 4.79 Å². The van der Waals surface area contributed by atoms with E-state index >= 15 is 0 Å². The summed E-state index contributed by atoms with van der Waals surface area (Å²) in [5.41, 5.74) is 2.07. The standard InChI is InChI=1S/C19H27N5O2.HI/c1-4-20-19(23-13-18-24-14(2)15(3)26-18)22-12-17(25)21-11-10-16-8-6-5-7-9-16;/h5-9H,4,10-13H2,1-3H3,(H,21,25)(H2,20,22,23);1H. The second-order valence-corrected chi connectivity index (χ2v) is 5.88. The maximum absolute atomic E-state index is 12.0.